The van der Waals surface area contributed by atoms with Crippen LogP contribution in [0.1, 0.15) is 40.2 Å². The second-order valence-corrected chi connectivity index (χ2v) is 7.91. The van der Waals surface area contributed by atoms with Gasteiger partial charge in [-0.3, -0.25) is 14.5 Å². The molecule has 0 radical (unpaired) electrons. The Kier molecular flexibility index (Phi) is 6.54. The summed E-state index contributed by atoms with van der Waals surface area (Å²) in [6, 6.07) is 5.61. The lowest BCUT2D eigenvalue weighted by Gasteiger charge is -2.45. The van der Waals surface area contributed by atoms with Crippen molar-refractivity contribution < 1.29 is 22.8 Å². The van der Waals surface area contributed by atoms with Crippen molar-refractivity contribution in [1.82, 2.24) is 24.5 Å². The van der Waals surface area contributed by atoms with Gasteiger partial charge in [0.15, 0.2) is 5.82 Å². The van der Waals surface area contributed by atoms with Crippen LogP contribution in [0.15, 0.2) is 30.6 Å². The molecule has 0 aliphatic carbocycles. The van der Waals surface area contributed by atoms with Crippen LogP contribution in [-0.2, 0) is 15.8 Å². The number of pyridine rings is 1. The fraction of sp³-hybridized carbons (Fsp3) is 0.409. The summed E-state index contributed by atoms with van der Waals surface area (Å²) < 4.78 is 41.9. The van der Waals surface area contributed by atoms with Crippen molar-refractivity contribution in [3.63, 3.8) is 0 Å². The van der Waals surface area contributed by atoms with Crippen molar-refractivity contribution in [2.45, 2.75) is 46.3 Å². The van der Waals surface area contributed by atoms with Crippen molar-refractivity contribution >= 4 is 29.0 Å². The van der Waals surface area contributed by atoms with Crippen LogP contribution in [-0.4, -0.2) is 54.9 Å². The molecule has 0 spiro atoms. The molecule has 1 saturated heterocycles. The van der Waals surface area contributed by atoms with E-state index in [1.807, 2.05) is 13.8 Å². The van der Waals surface area contributed by atoms with Gasteiger partial charge in [-0.05, 0) is 32.0 Å². The molecule has 182 valence electrons. The Bertz CT molecular complexity index is 1240. The molecule has 0 atom stereocenters. The number of aromatic nitrogens is 4. The lowest BCUT2D eigenvalue weighted by atomic mass is 9.97. The molecule has 3 aromatic rings. The predicted octanol–water partition coefficient (Wildman–Crippen LogP) is 3.39. The number of anilines is 2. The van der Waals surface area contributed by atoms with Crippen molar-refractivity contribution in [2.75, 3.05) is 23.7 Å². The molecule has 1 aliphatic heterocycles. The number of nitrogens with zero attached hydrogens (tertiary/aromatic N) is 6. The van der Waals surface area contributed by atoms with Gasteiger partial charge in [-0.2, -0.15) is 18.3 Å². The third-order valence-corrected chi connectivity index (χ3v) is 5.53. The molecule has 4 rings (SSSR count). The van der Waals surface area contributed by atoms with Gasteiger partial charge in [0.05, 0.1) is 17.0 Å². The maximum Gasteiger partial charge on any atom is 0.418 e. The number of nitrogens with two attached hydrogens (primary N) is 1. The quantitative estimate of drug-likeness (QED) is 0.606. The molecule has 2 amide bonds. The summed E-state index contributed by atoms with van der Waals surface area (Å²) in [5.41, 5.74) is 3.49. The maximum atomic E-state index is 13.6. The van der Waals surface area contributed by atoms with Crippen LogP contribution < -0.4 is 10.6 Å². The largest absolute Gasteiger partial charge is 0.418 e. The molecule has 9 nitrogen and oxygen atoms in total. The summed E-state index contributed by atoms with van der Waals surface area (Å²) >= 11 is 0. The van der Waals surface area contributed by atoms with Crippen LogP contribution >= 0.6 is 0 Å². The van der Waals surface area contributed by atoms with E-state index in [9.17, 15) is 22.8 Å². The van der Waals surface area contributed by atoms with E-state index < -0.39 is 17.3 Å². The molecule has 4 heterocycles. The summed E-state index contributed by atoms with van der Waals surface area (Å²) in [5.74, 6) is -0.617. The van der Waals surface area contributed by atoms with Gasteiger partial charge in [-0.1, -0.05) is 19.9 Å². The number of carbonyl (C=O) groups excluding carboxylic acids is 2. The van der Waals surface area contributed by atoms with Crippen LogP contribution in [0.2, 0.25) is 0 Å². The van der Waals surface area contributed by atoms with Gasteiger partial charge in [0.1, 0.15) is 23.2 Å². The highest BCUT2D eigenvalue weighted by molar-refractivity contribution is 6.02. The monoisotopic (exact) mass is 477 g/mol. The fourth-order valence-electron chi connectivity index (χ4n) is 3.98. The molecule has 2 N–H and O–H groups in total. The zero-order valence-electron chi connectivity index (χ0n) is 19.5. The van der Waals surface area contributed by atoms with E-state index in [1.54, 1.807) is 26.0 Å². The SMILES string of the molecule is CC.CC(=O)N1CCN(c2cccc(-c3cc(C(F)(F)F)c4c(N)ncnn34)n2)C(=O)C1(C)C. The van der Waals surface area contributed by atoms with Crippen molar-refractivity contribution in [3.8, 4) is 11.4 Å². The highest BCUT2D eigenvalue weighted by Crippen LogP contribution is 2.38. The van der Waals surface area contributed by atoms with Gasteiger partial charge in [-0.25, -0.2) is 14.5 Å². The first-order chi connectivity index (χ1) is 15.9. The van der Waals surface area contributed by atoms with E-state index in [2.05, 4.69) is 15.1 Å². The lowest BCUT2D eigenvalue weighted by molar-refractivity contribution is -0.145. The summed E-state index contributed by atoms with van der Waals surface area (Å²) in [5, 5.41) is 3.92. The Morgan fingerprint density at radius 2 is 1.85 bits per heavy atom. The molecule has 3 aromatic heterocycles. The van der Waals surface area contributed by atoms with Gasteiger partial charge in [0, 0.05) is 20.0 Å². The molecule has 0 unspecified atom stereocenters. The normalized spacial score (nSPS) is 15.8. The van der Waals surface area contributed by atoms with Crippen LogP contribution in [0, 0.1) is 0 Å². The van der Waals surface area contributed by atoms with Gasteiger partial charge >= 0.3 is 6.18 Å². The minimum atomic E-state index is -4.68. The van der Waals surface area contributed by atoms with Gasteiger partial charge in [0.2, 0.25) is 5.91 Å². The number of nitrogen functional groups attached to an aromatic ring is 1. The van der Waals surface area contributed by atoms with E-state index in [1.165, 1.54) is 22.8 Å². The number of hydrogen-bond donors (Lipinski definition) is 1. The predicted molar refractivity (Wildman–Crippen MR) is 121 cm³/mol. The Hall–Kier alpha value is -3.70. The molecular formula is C22H26F3N7O2. The van der Waals surface area contributed by atoms with Crippen LogP contribution in [0.5, 0.6) is 0 Å². The Morgan fingerprint density at radius 3 is 2.47 bits per heavy atom. The lowest BCUT2D eigenvalue weighted by Crippen LogP contribution is -2.64. The minimum Gasteiger partial charge on any atom is -0.382 e. The zero-order chi connectivity index (χ0) is 25.4. The molecule has 1 aliphatic rings. The second-order valence-electron chi connectivity index (χ2n) is 7.91. The van der Waals surface area contributed by atoms with Crippen molar-refractivity contribution in [2.24, 2.45) is 0 Å². The average molecular weight is 477 g/mol. The van der Waals surface area contributed by atoms with E-state index in [0.29, 0.717) is 6.54 Å². The first kappa shape index (κ1) is 24.9. The number of carbonyl (C=O) groups is 2. The first-order valence-corrected chi connectivity index (χ1v) is 10.7. The Balaban J connectivity index is 0.00000158. The molecule has 0 aromatic carbocycles. The molecule has 0 saturated carbocycles. The van der Waals surface area contributed by atoms with Crippen LogP contribution in [0.4, 0.5) is 24.8 Å². The molecule has 34 heavy (non-hydrogen) atoms. The van der Waals surface area contributed by atoms with Crippen molar-refractivity contribution in [1.29, 1.82) is 0 Å². The number of piperazine rings is 1. The summed E-state index contributed by atoms with van der Waals surface area (Å²) in [4.78, 5) is 36.0. The Labute approximate surface area is 194 Å². The van der Waals surface area contributed by atoms with E-state index >= 15 is 0 Å². The third-order valence-electron chi connectivity index (χ3n) is 5.53. The fourth-order valence-corrected chi connectivity index (χ4v) is 3.98. The zero-order valence-corrected chi connectivity index (χ0v) is 19.5. The topological polar surface area (TPSA) is 110 Å². The van der Waals surface area contributed by atoms with E-state index in [4.69, 9.17) is 5.73 Å². The highest BCUT2D eigenvalue weighted by Gasteiger charge is 2.44. The second kappa shape index (κ2) is 8.92. The number of amides is 2. The smallest absolute Gasteiger partial charge is 0.382 e. The summed E-state index contributed by atoms with van der Waals surface area (Å²) in [6.45, 7) is 9.18. The van der Waals surface area contributed by atoms with E-state index in [-0.39, 0.29) is 46.9 Å². The summed E-state index contributed by atoms with van der Waals surface area (Å²) in [7, 11) is 0. The average Bonchev–Trinajstić information content (AvgIpc) is 3.18. The molecule has 12 heteroatoms. The van der Waals surface area contributed by atoms with Crippen molar-refractivity contribution in [3.05, 3.63) is 36.2 Å². The number of alkyl halides is 3. The maximum absolute atomic E-state index is 13.6. The first-order valence-electron chi connectivity index (χ1n) is 10.7. The van der Waals surface area contributed by atoms with Gasteiger partial charge < -0.3 is 10.6 Å². The molecule has 1 fully saturated rings. The Morgan fingerprint density at radius 1 is 1.18 bits per heavy atom. The number of hydrogen-bond acceptors (Lipinski definition) is 6. The third kappa shape index (κ3) is 4.15. The molecular weight excluding hydrogens is 451 g/mol. The van der Waals surface area contributed by atoms with Crippen LogP contribution in [0.3, 0.4) is 0 Å². The highest BCUT2D eigenvalue weighted by atomic mass is 19.4. The van der Waals surface area contributed by atoms with Gasteiger partial charge in [-0.15, -0.1) is 0 Å². The molecule has 0 bridgehead atoms. The minimum absolute atomic E-state index is 0.0531. The number of rotatable bonds is 2. The number of halogens is 3. The summed E-state index contributed by atoms with van der Waals surface area (Å²) in [6.07, 6.45) is -3.62. The standard InChI is InChI=1S/C20H20F3N7O2.C2H6/c1-11(31)29-8-7-28(18(32)19(29,2)3)15-6-4-5-13(27-15)14-9-12(20(21,22)23)16-17(24)25-10-26-30(14)16;1-2/h4-6,9-10H,7-8H2,1-3H3,(H2,24,25,26);1-2H3. The van der Waals surface area contributed by atoms with E-state index in [0.717, 1.165) is 16.9 Å². The number of fused-ring (bicyclic) bond motifs is 1. The van der Waals surface area contributed by atoms with Crippen LogP contribution in [0.25, 0.3) is 16.9 Å². The van der Waals surface area contributed by atoms with Gasteiger partial charge in [0.25, 0.3) is 5.91 Å².